The van der Waals surface area contributed by atoms with Gasteiger partial charge in [-0.15, -0.1) is 0 Å². The quantitative estimate of drug-likeness (QED) is 0.827. The molecule has 152 valence electrons. The van der Waals surface area contributed by atoms with Crippen molar-refractivity contribution in [1.82, 2.24) is 14.7 Å². The lowest BCUT2D eigenvalue weighted by Gasteiger charge is -2.36. The van der Waals surface area contributed by atoms with Crippen molar-refractivity contribution >= 4 is 11.7 Å². The fraction of sp³-hybridized carbons (Fsp3) is 0.579. The van der Waals surface area contributed by atoms with Crippen molar-refractivity contribution < 1.29 is 22.4 Å². The minimum atomic E-state index is -4.48. The maximum atomic E-state index is 13.7. The normalized spacial score (nSPS) is 25.3. The summed E-state index contributed by atoms with van der Waals surface area (Å²) in [6.45, 7) is 2.64. The number of amides is 1. The van der Waals surface area contributed by atoms with E-state index >= 15 is 0 Å². The van der Waals surface area contributed by atoms with Crippen LogP contribution in [0.25, 0.3) is 0 Å². The molecule has 2 aliphatic heterocycles. The number of nitrogens with one attached hydrogen (secondary N) is 1. The summed E-state index contributed by atoms with van der Waals surface area (Å²) in [5.41, 5.74) is 0.186. The van der Waals surface area contributed by atoms with E-state index in [1.165, 1.54) is 12.5 Å². The summed E-state index contributed by atoms with van der Waals surface area (Å²) in [6, 6.07) is 0.886. The summed E-state index contributed by atoms with van der Waals surface area (Å²) >= 11 is 0. The van der Waals surface area contributed by atoms with Crippen LogP contribution >= 0.6 is 0 Å². The Morgan fingerprint density at radius 1 is 1.39 bits per heavy atom. The number of hydrogen-bond acceptors (Lipinski definition) is 4. The second-order valence-corrected chi connectivity index (χ2v) is 7.41. The van der Waals surface area contributed by atoms with Crippen LogP contribution in [0.4, 0.5) is 19.0 Å². The number of halogens is 3. The van der Waals surface area contributed by atoms with Crippen molar-refractivity contribution in [3.63, 3.8) is 0 Å². The Kier molecular flexibility index (Phi) is 4.84. The van der Waals surface area contributed by atoms with Gasteiger partial charge in [-0.05, 0) is 37.8 Å². The summed E-state index contributed by atoms with van der Waals surface area (Å²) in [6.07, 6.45) is 1.66. The molecule has 3 unspecified atom stereocenters. The molecule has 1 fully saturated rings. The van der Waals surface area contributed by atoms with Crippen molar-refractivity contribution in [2.75, 3.05) is 11.9 Å². The molecule has 4 rings (SSSR count). The first-order valence-corrected chi connectivity index (χ1v) is 9.65. The van der Waals surface area contributed by atoms with Crippen LogP contribution in [0.1, 0.15) is 67.2 Å². The maximum absolute atomic E-state index is 13.7. The van der Waals surface area contributed by atoms with Gasteiger partial charge < -0.3 is 14.6 Å². The lowest BCUT2D eigenvalue weighted by molar-refractivity contribution is -0.174. The molecule has 0 aromatic carbocycles. The van der Waals surface area contributed by atoms with Crippen molar-refractivity contribution in [3.8, 4) is 0 Å². The predicted molar refractivity (Wildman–Crippen MR) is 96.0 cm³/mol. The third-order valence-corrected chi connectivity index (χ3v) is 5.71. The molecule has 2 aliphatic rings. The molecule has 1 saturated heterocycles. The average Bonchev–Trinajstić information content (AvgIpc) is 3.35. The van der Waals surface area contributed by atoms with Gasteiger partial charge >= 0.3 is 6.18 Å². The summed E-state index contributed by atoms with van der Waals surface area (Å²) in [7, 11) is 0. The Labute approximate surface area is 160 Å². The average molecular weight is 396 g/mol. The third kappa shape index (κ3) is 3.27. The molecule has 1 amide bonds. The van der Waals surface area contributed by atoms with E-state index in [0.717, 1.165) is 30.4 Å². The van der Waals surface area contributed by atoms with Gasteiger partial charge in [0.2, 0.25) is 0 Å². The van der Waals surface area contributed by atoms with Gasteiger partial charge in [-0.25, -0.2) is 4.68 Å². The predicted octanol–water partition coefficient (Wildman–Crippen LogP) is 4.54. The van der Waals surface area contributed by atoms with Crippen LogP contribution in [0.15, 0.2) is 29.0 Å². The summed E-state index contributed by atoms with van der Waals surface area (Å²) in [4.78, 5) is 15.0. The molecule has 0 spiro atoms. The van der Waals surface area contributed by atoms with Crippen LogP contribution in [-0.4, -0.2) is 39.4 Å². The Balaban J connectivity index is 1.70. The molecule has 0 bridgehead atoms. The highest BCUT2D eigenvalue weighted by molar-refractivity contribution is 5.99. The Bertz CT molecular complexity index is 831. The number of piperidine rings is 1. The van der Waals surface area contributed by atoms with E-state index in [-0.39, 0.29) is 29.8 Å². The van der Waals surface area contributed by atoms with Crippen LogP contribution in [0.2, 0.25) is 0 Å². The van der Waals surface area contributed by atoms with Crippen LogP contribution in [0.3, 0.4) is 0 Å². The second kappa shape index (κ2) is 7.18. The molecule has 6 nitrogen and oxygen atoms in total. The van der Waals surface area contributed by atoms with Crippen LogP contribution < -0.4 is 5.32 Å². The van der Waals surface area contributed by atoms with Gasteiger partial charge in [0.15, 0.2) is 6.04 Å². The van der Waals surface area contributed by atoms with E-state index in [9.17, 15) is 18.0 Å². The molecule has 0 aliphatic carbocycles. The highest BCUT2D eigenvalue weighted by atomic mass is 19.4. The van der Waals surface area contributed by atoms with E-state index in [1.807, 2.05) is 6.92 Å². The zero-order valence-electron chi connectivity index (χ0n) is 15.6. The van der Waals surface area contributed by atoms with Crippen molar-refractivity contribution in [2.24, 2.45) is 0 Å². The first-order valence-electron chi connectivity index (χ1n) is 9.65. The highest BCUT2D eigenvalue weighted by Gasteiger charge is 2.48. The molecule has 9 heteroatoms. The van der Waals surface area contributed by atoms with Gasteiger partial charge in [0, 0.05) is 19.0 Å². The van der Waals surface area contributed by atoms with Gasteiger partial charge in [0.25, 0.3) is 5.91 Å². The zero-order chi connectivity index (χ0) is 19.9. The molecular formula is C19H23F3N4O2. The van der Waals surface area contributed by atoms with Crippen molar-refractivity contribution in [2.45, 2.75) is 63.3 Å². The van der Waals surface area contributed by atoms with E-state index in [4.69, 9.17) is 4.42 Å². The zero-order valence-corrected chi connectivity index (χ0v) is 15.6. The van der Waals surface area contributed by atoms with Gasteiger partial charge in [0.05, 0.1) is 18.5 Å². The third-order valence-electron chi connectivity index (χ3n) is 5.71. The van der Waals surface area contributed by atoms with E-state index in [1.54, 1.807) is 17.0 Å². The smallest absolute Gasteiger partial charge is 0.410 e. The molecule has 0 saturated carbocycles. The Morgan fingerprint density at radius 3 is 2.89 bits per heavy atom. The lowest BCUT2D eigenvalue weighted by Crippen LogP contribution is -2.44. The summed E-state index contributed by atoms with van der Waals surface area (Å²) < 4.78 is 47.3. The summed E-state index contributed by atoms with van der Waals surface area (Å²) in [5, 5.41) is 7.01. The van der Waals surface area contributed by atoms with Crippen LogP contribution in [-0.2, 0) is 0 Å². The fourth-order valence-electron chi connectivity index (χ4n) is 4.24. The number of fused-ring (bicyclic) bond motifs is 1. The van der Waals surface area contributed by atoms with Crippen LogP contribution in [0, 0.1) is 0 Å². The number of carbonyl (C=O) groups excluding carboxylic acids is 1. The standard InChI is InChI=1S/C19H23F3N4O2/c1-2-12-6-3-4-8-25(12)18(27)13-11-23-26-16(19(20,21)22)10-14(24-17(13)26)15-7-5-9-28-15/h5,7,9,11-12,14,16,24H,2-4,6,8,10H2,1H3. The molecule has 2 aromatic rings. The first kappa shape index (κ1) is 18.9. The summed E-state index contributed by atoms with van der Waals surface area (Å²) in [5.74, 6) is 0.256. The SMILES string of the molecule is CCC1CCCCN1C(=O)c1cnn2c1NC(c1ccco1)CC2C(F)(F)F. The van der Waals surface area contributed by atoms with Gasteiger partial charge in [-0.3, -0.25) is 4.79 Å². The number of rotatable bonds is 3. The molecule has 0 radical (unpaired) electrons. The molecule has 3 atom stereocenters. The molecule has 2 aromatic heterocycles. The minimum Gasteiger partial charge on any atom is -0.467 e. The maximum Gasteiger partial charge on any atom is 0.410 e. The van der Waals surface area contributed by atoms with Gasteiger partial charge in [0.1, 0.15) is 17.1 Å². The van der Waals surface area contributed by atoms with E-state index in [0.29, 0.717) is 12.3 Å². The lowest BCUT2D eigenvalue weighted by atomic mass is 9.98. The van der Waals surface area contributed by atoms with Gasteiger partial charge in [-0.2, -0.15) is 18.3 Å². The number of hydrogen-bond donors (Lipinski definition) is 1. The number of nitrogens with zero attached hydrogens (tertiary/aromatic N) is 3. The molecule has 28 heavy (non-hydrogen) atoms. The molecule has 4 heterocycles. The number of furan rings is 1. The van der Waals surface area contributed by atoms with Crippen molar-refractivity contribution in [1.29, 1.82) is 0 Å². The van der Waals surface area contributed by atoms with E-state index in [2.05, 4.69) is 10.4 Å². The monoisotopic (exact) mass is 396 g/mol. The van der Waals surface area contributed by atoms with Gasteiger partial charge in [-0.1, -0.05) is 6.92 Å². The van der Waals surface area contributed by atoms with Crippen molar-refractivity contribution in [3.05, 3.63) is 35.9 Å². The number of carbonyl (C=O) groups is 1. The topological polar surface area (TPSA) is 63.3 Å². The second-order valence-electron chi connectivity index (χ2n) is 7.41. The molecule has 1 N–H and O–H groups in total. The van der Waals surface area contributed by atoms with E-state index < -0.39 is 18.3 Å². The number of anilines is 1. The molecular weight excluding hydrogens is 373 g/mol. The highest BCUT2D eigenvalue weighted by Crippen LogP contribution is 2.44. The fourth-order valence-corrected chi connectivity index (χ4v) is 4.24. The first-order chi connectivity index (χ1) is 13.4. The number of aromatic nitrogens is 2. The Hall–Kier alpha value is -2.45. The number of alkyl halides is 3. The largest absolute Gasteiger partial charge is 0.467 e. The Morgan fingerprint density at radius 2 is 2.21 bits per heavy atom. The number of likely N-dealkylation sites (tertiary alicyclic amines) is 1. The van der Waals surface area contributed by atoms with Crippen LogP contribution in [0.5, 0.6) is 0 Å². The minimum absolute atomic E-state index is 0.111.